The summed E-state index contributed by atoms with van der Waals surface area (Å²) in [6.45, 7) is 0.432. The van der Waals surface area contributed by atoms with Crippen molar-refractivity contribution in [3.8, 4) is 5.75 Å². The zero-order valence-corrected chi connectivity index (χ0v) is 9.05. The highest BCUT2D eigenvalue weighted by Crippen LogP contribution is 2.15. The SMILES string of the molecule is O=C(Nc1ccc(O)cc1)ON1CCCC1=O. The summed E-state index contributed by atoms with van der Waals surface area (Å²) >= 11 is 0. The van der Waals surface area contributed by atoms with E-state index in [0.717, 1.165) is 5.06 Å². The van der Waals surface area contributed by atoms with Gasteiger partial charge in [0.1, 0.15) is 5.75 Å². The Labute approximate surface area is 97.7 Å². The van der Waals surface area contributed by atoms with Gasteiger partial charge in [-0.05, 0) is 30.7 Å². The highest BCUT2D eigenvalue weighted by atomic mass is 16.7. The van der Waals surface area contributed by atoms with E-state index in [1.165, 1.54) is 24.3 Å². The summed E-state index contributed by atoms with van der Waals surface area (Å²) in [5.74, 6) is -0.0792. The largest absolute Gasteiger partial charge is 0.508 e. The highest BCUT2D eigenvalue weighted by molar-refractivity contribution is 5.86. The van der Waals surface area contributed by atoms with Gasteiger partial charge in [0.05, 0.1) is 6.54 Å². The first kappa shape index (κ1) is 11.3. The van der Waals surface area contributed by atoms with Crippen molar-refractivity contribution < 1.29 is 19.5 Å². The van der Waals surface area contributed by atoms with E-state index < -0.39 is 6.09 Å². The van der Waals surface area contributed by atoms with Crippen LogP contribution in [0.5, 0.6) is 5.75 Å². The number of carbonyl (C=O) groups excluding carboxylic acids is 2. The standard InChI is InChI=1S/C11H12N2O4/c14-9-5-3-8(4-6-9)12-11(16)17-13-7-1-2-10(13)15/h3-6,14H,1-2,7H2,(H,12,16). The monoisotopic (exact) mass is 236 g/mol. The Morgan fingerprint density at radius 2 is 2.06 bits per heavy atom. The molecule has 1 heterocycles. The number of benzene rings is 1. The Morgan fingerprint density at radius 3 is 2.65 bits per heavy atom. The molecule has 2 amide bonds. The van der Waals surface area contributed by atoms with Gasteiger partial charge in [0, 0.05) is 12.1 Å². The first-order valence-corrected chi connectivity index (χ1v) is 5.23. The third-order valence-electron chi connectivity index (χ3n) is 2.34. The van der Waals surface area contributed by atoms with Crippen molar-refractivity contribution in [1.29, 1.82) is 0 Å². The third-order valence-corrected chi connectivity index (χ3v) is 2.34. The molecule has 0 unspecified atom stereocenters. The number of amides is 2. The van der Waals surface area contributed by atoms with Crippen molar-refractivity contribution in [3.05, 3.63) is 24.3 Å². The van der Waals surface area contributed by atoms with Gasteiger partial charge in [-0.15, -0.1) is 0 Å². The summed E-state index contributed by atoms with van der Waals surface area (Å²) in [4.78, 5) is 27.4. The molecule has 1 aliphatic heterocycles. The predicted octanol–water partition coefficient (Wildman–Crippen LogP) is 1.48. The van der Waals surface area contributed by atoms with Crippen LogP contribution < -0.4 is 5.32 Å². The quantitative estimate of drug-likeness (QED) is 0.762. The number of rotatable bonds is 2. The van der Waals surface area contributed by atoms with Crippen LogP contribution in [0, 0.1) is 0 Å². The molecule has 0 aromatic heterocycles. The second-order valence-electron chi connectivity index (χ2n) is 3.65. The van der Waals surface area contributed by atoms with E-state index in [9.17, 15) is 9.59 Å². The maximum Gasteiger partial charge on any atom is 0.436 e. The fourth-order valence-corrected chi connectivity index (χ4v) is 1.51. The van der Waals surface area contributed by atoms with Crippen molar-refractivity contribution >= 4 is 17.7 Å². The van der Waals surface area contributed by atoms with Crippen molar-refractivity contribution in [3.63, 3.8) is 0 Å². The number of nitrogens with zero attached hydrogens (tertiary/aromatic N) is 1. The third kappa shape index (κ3) is 2.87. The minimum atomic E-state index is -0.717. The van der Waals surface area contributed by atoms with E-state index >= 15 is 0 Å². The number of nitrogens with one attached hydrogen (secondary N) is 1. The maximum atomic E-state index is 11.4. The van der Waals surface area contributed by atoms with E-state index in [4.69, 9.17) is 9.94 Å². The first-order valence-electron chi connectivity index (χ1n) is 5.23. The number of aromatic hydroxyl groups is 1. The van der Waals surface area contributed by atoms with E-state index in [0.29, 0.717) is 25.1 Å². The topological polar surface area (TPSA) is 78.9 Å². The zero-order valence-electron chi connectivity index (χ0n) is 9.05. The molecular weight excluding hydrogens is 224 g/mol. The lowest BCUT2D eigenvalue weighted by molar-refractivity contribution is -0.156. The second-order valence-corrected chi connectivity index (χ2v) is 3.65. The number of carbonyl (C=O) groups is 2. The molecule has 0 radical (unpaired) electrons. The average Bonchev–Trinajstić information content (AvgIpc) is 2.68. The Balaban J connectivity index is 1.88. The second kappa shape index (κ2) is 4.73. The van der Waals surface area contributed by atoms with E-state index in [1.54, 1.807) is 0 Å². The highest BCUT2D eigenvalue weighted by Gasteiger charge is 2.24. The number of hydroxylamine groups is 2. The molecule has 0 spiro atoms. The normalized spacial score (nSPS) is 14.8. The molecule has 6 heteroatoms. The molecule has 0 bridgehead atoms. The summed E-state index contributed by atoms with van der Waals surface area (Å²) in [6, 6.07) is 5.94. The average molecular weight is 236 g/mol. The minimum Gasteiger partial charge on any atom is -0.508 e. The van der Waals surface area contributed by atoms with Gasteiger partial charge in [0.15, 0.2) is 0 Å². The molecule has 1 fully saturated rings. The Kier molecular flexibility index (Phi) is 3.13. The van der Waals surface area contributed by atoms with Crippen LogP contribution in [0.3, 0.4) is 0 Å². The van der Waals surface area contributed by atoms with Crippen LogP contribution in [0.15, 0.2) is 24.3 Å². The van der Waals surface area contributed by atoms with Crippen molar-refractivity contribution in [2.75, 3.05) is 11.9 Å². The van der Waals surface area contributed by atoms with Crippen LogP contribution in [-0.2, 0) is 9.63 Å². The minimum absolute atomic E-state index is 0.110. The van der Waals surface area contributed by atoms with Crippen molar-refractivity contribution in [2.45, 2.75) is 12.8 Å². The lowest BCUT2D eigenvalue weighted by atomic mass is 10.3. The van der Waals surface area contributed by atoms with E-state index in [-0.39, 0.29) is 11.7 Å². The lowest BCUT2D eigenvalue weighted by Gasteiger charge is -2.14. The van der Waals surface area contributed by atoms with E-state index in [2.05, 4.69) is 5.32 Å². The molecule has 2 rings (SSSR count). The molecule has 0 atom stereocenters. The Bertz CT molecular complexity index is 430. The van der Waals surface area contributed by atoms with Crippen LogP contribution >= 0.6 is 0 Å². The fourth-order valence-electron chi connectivity index (χ4n) is 1.51. The molecule has 17 heavy (non-hydrogen) atoms. The van der Waals surface area contributed by atoms with Gasteiger partial charge < -0.3 is 9.94 Å². The Morgan fingerprint density at radius 1 is 1.35 bits per heavy atom. The molecule has 6 nitrogen and oxygen atoms in total. The fraction of sp³-hybridized carbons (Fsp3) is 0.273. The molecule has 0 aliphatic carbocycles. The molecule has 1 aromatic carbocycles. The van der Waals surface area contributed by atoms with Gasteiger partial charge in [-0.3, -0.25) is 10.1 Å². The number of phenols is 1. The van der Waals surface area contributed by atoms with Gasteiger partial charge in [0.2, 0.25) is 0 Å². The summed E-state index contributed by atoms with van der Waals surface area (Å²) in [6.07, 6.45) is 0.392. The predicted molar refractivity (Wildman–Crippen MR) is 59.2 cm³/mol. The number of hydrogen-bond acceptors (Lipinski definition) is 4. The van der Waals surface area contributed by atoms with Gasteiger partial charge in [-0.2, -0.15) is 5.06 Å². The molecule has 1 saturated heterocycles. The molecule has 1 aromatic rings. The molecule has 90 valence electrons. The lowest BCUT2D eigenvalue weighted by Crippen LogP contribution is -2.30. The van der Waals surface area contributed by atoms with Crippen LogP contribution in [0.1, 0.15) is 12.8 Å². The summed E-state index contributed by atoms with van der Waals surface area (Å²) in [5.41, 5.74) is 0.486. The van der Waals surface area contributed by atoms with Crippen molar-refractivity contribution in [1.82, 2.24) is 5.06 Å². The summed E-state index contributed by atoms with van der Waals surface area (Å²) in [7, 11) is 0. The Hall–Kier alpha value is -2.24. The smallest absolute Gasteiger partial charge is 0.436 e. The van der Waals surface area contributed by atoms with Crippen LogP contribution in [-0.4, -0.2) is 28.7 Å². The number of hydrogen-bond donors (Lipinski definition) is 2. The molecule has 1 aliphatic rings. The number of anilines is 1. The maximum absolute atomic E-state index is 11.4. The first-order chi connectivity index (χ1) is 8.15. The van der Waals surface area contributed by atoms with Gasteiger partial charge in [-0.1, -0.05) is 0 Å². The van der Waals surface area contributed by atoms with Gasteiger partial charge in [0.25, 0.3) is 5.91 Å². The molecular formula is C11H12N2O4. The van der Waals surface area contributed by atoms with Gasteiger partial charge >= 0.3 is 6.09 Å². The van der Waals surface area contributed by atoms with E-state index in [1.807, 2.05) is 0 Å². The van der Waals surface area contributed by atoms with Crippen LogP contribution in [0.2, 0.25) is 0 Å². The van der Waals surface area contributed by atoms with Crippen molar-refractivity contribution in [2.24, 2.45) is 0 Å². The van der Waals surface area contributed by atoms with Crippen LogP contribution in [0.25, 0.3) is 0 Å². The van der Waals surface area contributed by atoms with Gasteiger partial charge in [-0.25, -0.2) is 4.79 Å². The molecule has 0 saturated carbocycles. The molecule has 2 N–H and O–H groups in total. The summed E-state index contributed by atoms with van der Waals surface area (Å²) in [5, 5.41) is 12.6. The summed E-state index contributed by atoms with van der Waals surface area (Å²) < 4.78 is 0. The van der Waals surface area contributed by atoms with Crippen LogP contribution in [0.4, 0.5) is 10.5 Å². The zero-order chi connectivity index (χ0) is 12.3. The number of phenolic OH excluding ortho intramolecular Hbond substituents is 1.